The second-order valence-electron chi connectivity index (χ2n) is 3.69. The Morgan fingerprint density at radius 2 is 2.11 bits per heavy atom. The summed E-state index contributed by atoms with van der Waals surface area (Å²) in [5.74, 6) is 1.69. The maximum atomic E-state index is 11.6. The number of nitrogens with one attached hydrogen (secondary N) is 2. The molecular weight excluding hydrogens is 307 g/mol. The molecule has 1 aromatic rings. The van der Waals surface area contributed by atoms with Gasteiger partial charge in [0.25, 0.3) is 0 Å². The molecule has 0 aliphatic rings. The highest BCUT2D eigenvalue weighted by molar-refractivity contribution is 7.99. The summed E-state index contributed by atoms with van der Waals surface area (Å²) in [6, 6.07) is 4.57. The molecule has 0 atom stereocenters. The van der Waals surface area contributed by atoms with E-state index in [1.807, 2.05) is 0 Å². The smallest absolute Gasteiger partial charge is 0.319 e. The maximum Gasteiger partial charge on any atom is 0.319 e. The first-order valence-electron chi connectivity index (χ1n) is 5.82. The van der Waals surface area contributed by atoms with E-state index in [-0.39, 0.29) is 12.6 Å². The van der Waals surface area contributed by atoms with Crippen LogP contribution in [0, 0.1) is 0 Å². The quantitative estimate of drug-likeness (QED) is 0.675. The summed E-state index contributed by atoms with van der Waals surface area (Å²) in [6.45, 7) is 0.758. The lowest BCUT2D eigenvalue weighted by Gasteiger charge is -2.09. The van der Waals surface area contributed by atoms with Gasteiger partial charge in [0.1, 0.15) is 0 Å². The summed E-state index contributed by atoms with van der Waals surface area (Å²) in [6.07, 6.45) is 0.773. The van der Waals surface area contributed by atoms with Crippen LogP contribution in [0.3, 0.4) is 0 Å². The molecule has 1 aromatic carbocycles. The van der Waals surface area contributed by atoms with Crippen LogP contribution in [0.1, 0.15) is 6.42 Å². The third-order valence-corrected chi connectivity index (χ3v) is 3.79. The van der Waals surface area contributed by atoms with Crippen molar-refractivity contribution in [1.82, 2.24) is 5.32 Å². The summed E-state index contributed by atoms with van der Waals surface area (Å²) in [7, 11) is 0. The number of urea groups is 1. The molecule has 1 rings (SSSR count). The van der Waals surface area contributed by atoms with Gasteiger partial charge in [0.15, 0.2) is 0 Å². The van der Waals surface area contributed by atoms with Crippen LogP contribution < -0.4 is 10.6 Å². The summed E-state index contributed by atoms with van der Waals surface area (Å²) >= 11 is 13.4. The molecule has 7 heteroatoms. The molecule has 0 unspecified atom stereocenters. The van der Waals surface area contributed by atoms with Gasteiger partial charge in [0.05, 0.1) is 10.7 Å². The number of carbonyl (C=O) groups excluding carboxylic acids is 1. The average Bonchev–Trinajstić information content (AvgIpc) is 2.38. The molecule has 0 saturated heterocycles. The third-order valence-electron chi connectivity index (χ3n) is 2.16. The topological polar surface area (TPSA) is 61.4 Å². The van der Waals surface area contributed by atoms with Gasteiger partial charge >= 0.3 is 6.03 Å². The number of aliphatic hydroxyl groups is 1. The Labute approximate surface area is 126 Å². The number of hydrogen-bond acceptors (Lipinski definition) is 3. The lowest BCUT2D eigenvalue weighted by Crippen LogP contribution is -2.30. The van der Waals surface area contributed by atoms with E-state index >= 15 is 0 Å². The van der Waals surface area contributed by atoms with Crippen molar-refractivity contribution in [2.45, 2.75) is 6.42 Å². The van der Waals surface area contributed by atoms with E-state index in [2.05, 4.69) is 10.6 Å². The first kappa shape index (κ1) is 16.4. The molecule has 2 amide bonds. The Hall–Kier alpha value is -0.620. The highest BCUT2D eigenvalue weighted by atomic mass is 35.5. The van der Waals surface area contributed by atoms with Gasteiger partial charge in [-0.05, 0) is 30.4 Å². The molecule has 106 valence electrons. The second-order valence-corrected chi connectivity index (χ2v) is 5.76. The predicted molar refractivity (Wildman–Crippen MR) is 82.5 cm³/mol. The van der Waals surface area contributed by atoms with E-state index in [1.165, 1.54) is 0 Å². The van der Waals surface area contributed by atoms with Gasteiger partial charge in [0.2, 0.25) is 0 Å². The van der Waals surface area contributed by atoms with Crippen molar-refractivity contribution < 1.29 is 9.90 Å². The number of hydrogen-bond donors (Lipinski definition) is 3. The molecule has 4 nitrogen and oxygen atoms in total. The summed E-state index contributed by atoms with van der Waals surface area (Å²) in [5, 5.41) is 14.9. The van der Waals surface area contributed by atoms with Crippen LogP contribution in [0.25, 0.3) is 0 Å². The van der Waals surface area contributed by atoms with E-state index in [1.54, 1.807) is 30.0 Å². The molecule has 0 radical (unpaired) electrons. The van der Waals surface area contributed by atoms with Crippen LogP contribution in [-0.4, -0.2) is 35.8 Å². The molecule has 0 aliphatic heterocycles. The first-order valence-corrected chi connectivity index (χ1v) is 7.73. The van der Waals surface area contributed by atoms with Crippen LogP contribution in [0.15, 0.2) is 18.2 Å². The van der Waals surface area contributed by atoms with Crippen molar-refractivity contribution >= 4 is 46.7 Å². The first-order chi connectivity index (χ1) is 9.13. The molecule has 3 N–H and O–H groups in total. The molecule has 0 aliphatic carbocycles. The number of anilines is 1. The van der Waals surface area contributed by atoms with Gasteiger partial charge in [-0.3, -0.25) is 0 Å². The monoisotopic (exact) mass is 322 g/mol. The standard InChI is InChI=1S/C12H16Cl2N2O2S/c13-9-2-3-10(14)11(8-9)16-12(18)15-4-7-19-6-1-5-17/h2-3,8,17H,1,4-7H2,(H2,15,16,18). The fraction of sp³-hybridized carbons (Fsp3) is 0.417. The number of rotatable bonds is 7. The molecule has 19 heavy (non-hydrogen) atoms. The zero-order chi connectivity index (χ0) is 14.1. The lowest BCUT2D eigenvalue weighted by molar-refractivity contribution is 0.252. The highest BCUT2D eigenvalue weighted by Gasteiger charge is 2.05. The molecule has 0 spiro atoms. The van der Waals surface area contributed by atoms with E-state index in [0.717, 1.165) is 17.9 Å². The van der Waals surface area contributed by atoms with Gasteiger partial charge < -0.3 is 15.7 Å². The minimum absolute atomic E-state index is 0.203. The highest BCUT2D eigenvalue weighted by Crippen LogP contribution is 2.25. The van der Waals surface area contributed by atoms with Crippen LogP contribution >= 0.6 is 35.0 Å². The fourth-order valence-electron chi connectivity index (χ4n) is 1.27. The van der Waals surface area contributed by atoms with E-state index in [9.17, 15) is 4.79 Å². The number of halogens is 2. The fourth-order valence-corrected chi connectivity index (χ4v) is 2.39. The van der Waals surface area contributed by atoms with Crippen molar-refractivity contribution in [1.29, 1.82) is 0 Å². The van der Waals surface area contributed by atoms with Gasteiger partial charge in [-0.25, -0.2) is 4.79 Å². The molecule has 0 aromatic heterocycles. The van der Waals surface area contributed by atoms with Gasteiger partial charge in [-0.1, -0.05) is 23.2 Å². The molecule has 0 saturated carbocycles. The van der Waals surface area contributed by atoms with Crippen molar-refractivity contribution in [3.8, 4) is 0 Å². The Kier molecular flexibility index (Phi) is 8.05. The third kappa shape index (κ3) is 6.92. The Balaban J connectivity index is 2.25. The largest absolute Gasteiger partial charge is 0.396 e. The van der Waals surface area contributed by atoms with Crippen LogP contribution in [0.2, 0.25) is 10.0 Å². The van der Waals surface area contributed by atoms with Gasteiger partial charge in [-0.2, -0.15) is 11.8 Å². The summed E-state index contributed by atoms with van der Waals surface area (Å²) in [4.78, 5) is 11.6. The predicted octanol–water partition coefficient (Wildman–Crippen LogP) is 3.23. The second kappa shape index (κ2) is 9.31. The minimum atomic E-state index is -0.313. The van der Waals surface area contributed by atoms with Crippen LogP contribution in [0.5, 0.6) is 0 Å². The maximum absolute atomic E-state index is 11.6. The summed E-state index contributed by atoms with van der Waals surface area (Å²) < 4.78 is 0. The normalized spacial score (nSPS) is 10.3. The van der Waals surface area contributed by atoms with E-state index in [4.69, 9.17) is 28.3 Å². The number of carbonyl (C=O) groups is 1. The molecular formula is C12H16Cl2N2O2S. The van der Waals surface area contributed by atoms with Crippen LogP contribution in [0.4, 0.5) is 10.5 Å². The van der Waals surface area contributed by atoms with Crippen molar-refractivity contribution in [2.24, 2.45) is 0 Å². The Bertz CT molecular complexity index is 419. The van der Waals surface area contributed by atoms with E-state index in [0.29, 0.717) is 22.3 Å². The van der Waals surface area contributed by atoms with Gasteiger partial charge in [-0.15, -0.1) is 0 Å². The summed E-state index contributed by atoms with van der Waals surface area (Å²) in [5.41, 5.74) is 0.486. The number of amides is 2. The lowest BCUT2D eigenvalue weighted by atomic mass is 10.3. The van der Waals surface area contributed by atoms with Crippen molar-refractivity contribution in [3.05, 3.63) is 28.2 Å². The van der Waals surface area contributed by atoms with Crippen molar-refractivity contribution in [2.75, 3.05) is 30.0 Å². The minimum Gasteiger partial charge on any atom is -0.396 e. The molecule has 0 heterocycles. The Morgan fingerprint density at radius 1 is 1.32 bits per heavy atom. The van der Waals surface area contributed by atoms with Gasteiger partial charge in [0, 0.05) is 23.9 Å². The number of aliphatic hydroxyl groups excluding tert-OH is 1. The number of benzene rings is 1. The number of thioether (sulfide) groups is 1. The SMILES string of the molecule is O=C(NCCSCCCO)Nc1cc(Cl)ccc1Cl. The average molecular weight is 323 g/mol. The molecule has 0 fully saturated rings. The zero-order valence-corrected chi connectivity index (χ0v) is 12.6. The van der Waals surface area contributed by atoms with E-state index < -0.39 is 0 Å². The zero-order valence-electron chi connectivity index (χ0n) is 10.3. The van der Waals surface area contributed by atoms with Crippen LogP contribution in [-0.2, 0) is 0 Å². The Morgan fingerprint density at radius 3 is 2.84 bits per heavy atom. The van der Waals surface area contributed by atoms with Crippen molar-refractivity contribution in [3.63, 3.8) is 0 Å². The molecule has 0 bridgehead atoms.